The summed E-state index contributed by atoms with van der Waals surface area (Å²) in [5, 5.41) is 7.79. The standard InChI is InChI=1S/C14H12F2N2O/c1-3-13-11(6-8(2)17-18-13)14(19)10-5-4-9(15)7-12(10)16/h4-7H,3H2,1-2H3. The van der Waals surface area contributed by atoms with Crippen LogP contribution in [-0.2, 0) is 6.42 Å². The number of hydrogen-bond acceptors (Lipinski definition) is 3. The number of aromatic nitrogens is 2. The first kappa shape index (κ1) is 13.3. The summed E-state index contributed by atoms with van der Waals surface area (Å²) in [6, 6.07) is 4.46. The highest BCUT2D eigenvalue weighted by atomic mass is 19.1. The zero-order chi connectivity index (χ0) is 14.0. The van der Waals surface area contributed by atoms with E-state index in [0.29, 0.717) is 29.4 Å². The van der Waals surface area contributed by atoms with Gasteiger partial charge in [-0.2, -0.15) is 10.2 Å². The summed E-state index contributed by atoms with van der Waals surface area (Å²) < 4.78 is 26.5. The highest BCUT2D eigenvalue weighted by molar-refractivity contribution is 6.09. The van der Waals surface area contributed by atoms with E-state index >= 15 is 0 Å². The Labute approximate surface area is 109 Å². The van der Waals surface area contributed by atoms with E-state index in [9.17, 15) is 13.6 Å². The molecular weight excluding hydrogens is 250 g/mol. The van der Waals surface area contributed by atoms with Crippen LogP contribution in [0.5, 0.6) is 0 Å². The predicted octanol–water partition coefficient (Wildman–Crippen LogP) is 2.86. The second-order valence-corrected chi connectivity index (χ2v) is 4.15. The molecule has 0 atom stereocenters. The maximum atomic E-state index is 13.6. The van der Waals surface area contributed by atoms with Crippen molar-refractivity contribution in [1.29, 1.82) is 0 Å². The van der Waals surface area contributed by atoms with Gasteiger partial charge in [0.2, 0.25) is 0 Å². The highest BCUT2D eigenvalue weighted by Gasteiger charge is 2.18. The normalized spacial score (nSPS) is 10.5. The Morgan fingerprint density at radius 3 is 2.53 bits per heavy atom. The lowest BCUT2D eigenvalue weighted by Gasteiger charge is -2.07. The minimum absolute atomic E-state index is 0.163. The van der Waals surface area contributed by atoms with Gasteiger partial charge in [-0.1, -0.05) is 6.92 Å². The van der Waals surface area contributed by atoms with Gasteiger partial charge in [0.15, 0.2) is 5.78 Å². The predicted molar refractivity (Wildman–Crippen MR) is 65.9 cm³/mol. The molecular formula is C14H12F2N2O. The topological polar surface area (TPSA) is 42.9 Å². The Morgan fingerprint density at radius 1 is 1.16 bits per heavy atom. The van der Waals surface area contributed by atoms with Gasteiger partial charge in [-0.25, -0.2) is 8.78 Å². The Balaban J connectivity index is 2.52. The van der Waals surface area contributed by atoms with Gasteiger partial charge >= 0.3 is 0 Å². The second kappa shape index (κ2) is 5.22. The van der Waals surface area contributed by atoms with Gasteiger partial charge in [0.05, 0.1) is 17.0 Å². The van der Waals surface area contributed by atoms with Crippen LogP contribution in [0.15, 0.2) is 24.3 Å². The molecule has 0 unspecified atom stereocenters. The third kappa shape index (κ3) is 2.65. The fourth-order valence-corrected chi connectivity index (χ4v) is 1.79. The Kier molecular flexibility index (Phi) is 3.64. The van der Waals surface area contributed by atoms with Crippen molar-refractivity contribution in [2.24, 2.45) is 0 Å². The van der Waals surface area contributed by atoms with E-state index in [1.165, 1.54) is 0 Å². The Hall–Kier alpha value is -2.17. The number of nitrogens with zero attached hydrogens (tertiary/aromatic N) is 2. The summed E-state index contributed by atoms with van der Waals surface area (Å²) in [7, 11) is 0. The first-order valence-corrected chi connectivity index (χ1v) is 5.86. The third-order valence-electron chi connectivity index (χ3n) is 2.75. The lowest BCUT2D eigenvalue weighted by atomic mass is 10.0. The van der Waals surface area contributed by atoms with E-state index < -0.39 is 17.4 Å². The summed E-state index contributed by atoms with van der Waals surface area (Å²) in [5.74, 6) is -2.09. The molecule has 0 spiro atoms. The third-order valence-corrected chi connectivity index (χ3v) is 2.75. The van der Waals surface area contributed by atoms with E-state index in [-0.39, 0.29) is 5.56 Å². The fraction of sp³-hybridized carbons (Fsp3) is 0.214. The maximum Gasteiger partial charge on any atom is 0.197 e. The summed E-state index contributed by atoms with van der Waals surface area (Å²) >= 11 is 0. The van der Waals surface area contributed by atoms with Crippen molar-refractivity contribution in [3.63, 3.8) is 0 Å². The van der Waals surface area contributed by atoms with Crippen molar-refractivity contribution in [1.82, 2.24) is 10.2 Å². The molecule has 0 saturated carbocycles. The number of rotatable bonds is 3. The van der Waals surface area contributed by atoms with Crippen LogP contribution < -0.4 is 0 Å². The van der Waals surface area contributed by atoms with Crippen molar-refractivity contribution >= 4 is 5.78 Å². The second-order valence-electron chi connectivity index (χ2n) is 4.15. The molecule has 0 radical (unpaired) electrons. The van der Waals surface area contributed by atoms with Gasteiger partial charge in [-0.05, 0) is 31.5 Å². The molecule has 2 aromatic rings. The number of ketones is 1. The molecule has 0 fully saturated rings. The zero-order valence-corrected chi connectivity index (χ0v) is 10.6. The highest BCUT2D eigenvalue weighted by Crippen LogP contribution is 2.17. The van der Waals surface area contributed by atoms with Crippen LogP contribution >= 0.6 is 0 Å². The summed E-state index contributed by atoms with van der Waals surface area (Å²) in [4.78, 5) is 12.3. The van der Waals surface area contributed by atoms with Gasteiger partial charge in [0.1, 0.15) is 11.6 Å². The first-order chi connectivity index (χ1) is 9.02. The summed E-state index contributed by atoms with van der Waals surface area (Å²) in [5.41, 5.74) is 1.21. The molecule has 0 aliphatic carbocycles. The van der Waals surface area contributed by atoms with Crippen molar-refractivity contribution in [2.75, 3.05) is 0 Å². The van der Waals surface area contributed by atoms with E-state index in [1.807, 2.05) is 6.92 Å². The van der Waals surface area contributed by atoms with E-state index in [4.69, 9.17) is 0 Å². The maximum absolute atomic E-state index is 13.6. The van der Waals surface area contributed by atoms with Crippen LogP contribution in [0, 0.1) is 18.6 Å². The first-order valence-electron chi connectivity index (χ1n) is 5.86. The molecule has 5 heteroatoms. The lowest BCUT2D eigenvalue weighted by molar-refractivity contribution is 0.103. The number of benzene rings is 1. The monoisotopic (exact) mass is 262 g/mol. The number of carbonyl (C=O) groups excluding carboxylic acids is 1. The molecule has 0 aliphatic rings. The summed E-state index contributed by atoms with van der Waals surface area (Å²) in [6.45, 7) is 3.53. The van der Waals surface area contributed by atoms with Gasteiger partial charge in [0, 0.05) is 11.6 Å². The number of carbonyl (C=O) groups is 1. The minimum atomic E-state index is -0.874. The average Bonchev–Trinajstić information content (AvgIpc) is 2.38. The SMILES string of the molecule is CCc1nnc(C)cc1C(=O)c1ccc(F)cc1F. The minimum Gasteiger partial charge on any atom is -0.288 e. The largest absolute Gasteiger partial charge is 0.288 e. The molecule has 1 heterocycles. The fourth-order valence-electron chi connectivity index (χ4n) is 1.79. The number of hydrogen-bond donors (Lipinski definition) is 0. The van der Waals surface area contributed by atoms with Crippen molar-refractivity contribution in [2.45, 2.75) is 20.3 Å². The average molecular weight is 262 g/mol. The molecule has 1 aromatic carbocycles. The van der Waals surface area contributed by atoms with Crippen LogP contribution in [0.4, 0.5) is 8.78 Å². The van der Waals surface area contributed by atoms with Gasteiger partial charge in [-0.3, -0.25) is 4.79 Å². The zero-order valence-electron chi connectivity index (χ0n) is 10.6. The van der Waals surface area contributed by atoms with Gasteiger partial charge in [0.25, 0.3) is 0 Å². The Bertz CT molecular complexity index is 641. The van der Waals surface area contributed by atoms with Crippen molar-refractivity contribution in [3.05, 3.63) is 58.4 Å². The summed E-state index contributed by atoms with van der Waals surface area (Å²) in [6.07, 6.45) is 0.511. The Morgan fingerprint density at radius 2 is 1.89 bits per heavy atom. The smallest absolute Gasteiger partial charge is 0.197 e. The molecule has 2 rings (SSSR count). The van der Waals surface area contributed by atoms with Gasteiger partial charge in [-0.15, -0.1) is 0 Å². The van der Waals surface area contributed by atoms with Crippen LogP contribution in [0.3, 0.4) is 0 Å². The molecule has 0 amide bonds. The van der Waals surface area contributed by atoms with Crippen LogP contribution in [-0.4, -0.2) is 16.0 Å². The van der Waals surface area contributed by atoms with E-state index in [0.717, 1.165) is 12.1 Å². The molecule has 0 bridgehead atoms. The van der Waals surface area contributed by atoms with Crippen molar-refractivity contribution in [3.8, 4) is 0 Å². The van der Waals surface area contributed by atoms with Crippen LogP contribution in [0.25, 0.3) is 0 Å². The van der Waals surface area contributed by atoms with E-state index in [2.05, 4.69) is 10.2 Å². The molecule has 1 aromatic heterocycles. The molecule has 3 nitrogen and oxygen atoms in total. The van der Waals surface area contributed by atoms with Crippen LogP contribution in [0.2, 0.25) is 0 Å². The van der Waals surface area contributed by atoms with E-state index in [1.54, 1.807) is 13.0 Å². The number of aryl methyl sites for hydroxylation is 2. The lowest BCUT2D eigenvalue weighted by Crippen LogP contribution is -2.10. The molecule has 0 aliphatic heterocycles. The molecule has 0 N–H and O–H groups in total. The molecule has 19 heavy (non-hydrogen) atoms. The van der Waals surface area contributed by atoms with Gasteiger partial charge < -0.3 is 0 Å². The molecule has 0 saturated heterocycles. The number of halogens is 2. The van der Waals surface area contributed by atoms with Crippen LogP contribution in [0.1, 0.15) is 34.2 Å². The quantitative estimate of drug-likeness (QED) is 0.799. The van der Waals surface area contributed by atoms with Crippen molar-refractivity contribution < 1.29 is 13.6 Å². The molecule has 98 valence electrons.